The Balaban J connectivity index is 1.68. The number of hydrogen-bond acceptors (Lipinski definition) is 3. The predicted octanol–water partition coefficient (Wildman–Crippen LogP) is 3.22. The van der Waals surface area contributed by atoms with E-state index in [2.05, 4.69) is 28.3 Å². The van der Waals surface area contributed by atoms with Crippen LogP contribution in [0.3, 0.4) is 0 Å². The number of nitrogens with one attached hydrogen (secondary N) is 1. The Hall–Kier alpha value is -2.14. The first kappa shape index (κ1) is 16.7. The minimum Gasteiger partial charge on any atom is -0.307 e. The Morgan fingerprint density at radius 2 is 2.00 bits per heavy atom. The van der Waals surface area contributed by atoms with E-state index < -0.39 is 0 Å². The lowest BCUT2D eigenvalue weighted by Crippen LogP contribution is -2.29. The maximum Gasteiger partial charge on any atom is 0.256 e. The highest BCUT2D eigenvalue weighted by atomic mass is 16.1. The molecule has 0 atom stereocenters. The zero-order valence-corrected chi connectivity index (χ0v) is 14.6. The molecule has 24 heavy (non-hydrogen) atoms. The van der Waals surface area contributed by atoms with Gasteiger partial charge in [0.15, 0.2) is 0 Å². The molecular formula is C19H26N4O. The molecule has 1 saturated heterocycles. The molecule has 1 aliphatic heterocycles. The molecule has 0 saturated carbocycles. The van der Waals surface area contributed by atoms with E-state index in [0.717, 1.165) is 37.6 Å². The summed E-state index contributed by atoms with van der Waals surface area (Å²) in [6, 6.07) is 9.86. The van der Waals surface area contributed by atoms with Crippen LogP contribution in [-0.4, -0.2) is 33.7 Å². The number of piperidine rings is 1. The molecule has 1 N–H and O–H groups in total. The van der Waals surface area contributed by atoms with Crippen LogP contribution < -0.4 is 5.32 Å². The molecule has 1 fully saturated rings. The highest BCUT2D eigenvalue weighted by molar-refractivity contribution is 6.03. The largest absolute Gasteiger partial charge is 0.307 e. The van der Waals surface area contributed by atoms with Gasteiger partial charge in [0, 0.05) is 25.2 Å². The molecule has 0 radical (unpaired) electrons. The van der Waals surface area contributed by atoms with Crippen molar-refractivity contribution in [3.05, 3.63) is 47.2 Å². The molecule has 0 bridgehead atoms. The van der Waals surface area contributed by atoms with Crippen LogP contribution in [0, 0.1) is 0 Å². The number of aromatic nitrogens is 2. The van der Waals surface area contributed by atoms with Crippen molar-refractivity contribution in [3.63, 3.8) is 0 Å². The van der Waals surface area contributed by atoms with Crippen molar-refractivity contribution in [2.75, 3.05) is 18.4 Å². The normalized spacial score (nSPS) is 15.4. The van der Waals surface area contributed by atoms with Gasteiger partial charge in [-0.25, -0.2) is 0 Å². The average Bonchev–Trinajstić information content (AvgIpc) is 2.96. The Kier molecular flexibility index (Phi) is 5.30. The molecule has 1 aromatic heterocycles. The van der Waals surface area contributed by atoms with E-state index in [9.17, 15) is 4.79 Å². The van der Waals surface area contributed by atoms with Gasteiger partial charge in [-0.15, -0.1) is 0 Å². The number of carbonyl (C=O) groups excluding carboxylic acids is 1. The molecule has 0 spiro atoms. The fraction of sp³-hybridized carbons (Fsp3) is 0.474. The summed E-state index contributed by atoms with van der Waals surface area (Å²) in [5, 5.41) is 7.33. The number of rotatable bonds is 5. The van der Waals surface area contributed by atoms with Crippen molar-refractivity contribution >= 4 is 11.7 Å². The zero-order valence-electron chi connectivity index (χ0n) is 14.6. The maximum absolute atomic E-state index is 12.5. The summed E-state index contributed by atoms with van der Waals surface area (Å²) >= 11 is 0. The van der Waals surface area contributed by atoms with E-state index in [0.29, 0.717) is 5.56 Å². The Morgan fingerprint density at radius 3 is 2.71 bits per heavy atom. The van der Waals surface area contributed by atoms with E-state index >= 15 is 0 Å². The maximum atomic E-state index is 12.5. The summed E-state index contributed by atoms with van der Waals surface area (Å²) in [5.74, 6) is 0.652. The number of benzene rings is 1. The van der Waals surface area contributed by atoms with Crippen molar-refractivity contribution < 1.29 is 4.79 Å². The summed E-state index contributed by atoms with van der Waals surface area (Å²) in [4.78, 5) is 15.0. The monoisotopic (exact) mass is 326 g/mol. The van der Waals surface area contributed by atoms with E-state index in [4.69, 9.17) is 0 Å². The molecule has 3 rings (SSSR count). The van der Waals surface area contributed by atoms with Crippen LogP contribution in [0.15, 0.2) is 30.3 Å². The lowest BCUT2D eigenvalue weighted by molar-refractivity contribution is 0.102. The lowest BCUT2D eigenvalue weighted by Gasteiger charge is -2.26. The second-order valence-corrected chi connectivity index (χ2v) is 6.49. The fourth-order valence-electron chi connectivity index (χ4n) is 3.19. The summed E-state index contributed by atoms with van der Waals surface area (Å²) in [7, 11) is 1.85. The van der Waals surface area contributed by atoms with Crippen molar-refractivity contribution in [2.45, 2.75) is 39.2 Å². The van der Waals surface area contributed by atoms with E-state index in [1.807, 2.05) is 31.3 Å². The number of anilines is 1. The third-order valence-corrected chi connectivity index (χ3v) is 4.58. The van der Waals surface area contributed by atoms with Crippen molar-refractivity contribution in [1.82, 2.24) is 14.7 Å². The standard InChI is InChI=1S/C19H26N4O/c1-3-17-13-18(22(2)21-17)20-19(24)16-9-7-8-15(12-16)14-23-10-5-4-6-11-23/h7-9,12-13H,3-6,10-11,14H2,1-2H3,(H,20,24). The number of amides is 1. The fourth-order valence-corrected chi connectivity index (χ4v) is 3.19. The summed E-state index contributed by atoms with van der Waals surface area (Å²) < 4.78 is 1.72. The number of carbonyl (C=O) groups is 1. The Morgan fingerprint density at radius 1 is 1.21 bits per heavy atom. The first-order valence-electron chi connectivity index (χ1n) is 8.81. The smallest absolute Gasteiger partial charge is 0.256 e. The van der Waals surface area contributed by atoms with Crippen LogP contribution >= 0.6 is 0 Å². The Labute approximate surface area is 143 Å². The van der Waals surface area contributed by atoms with Gasteiger partial charge < -0.3 is 5.32 Å². The minimum atomic E-state index is -0.0823. The molecule has 5 nitrogen and oxygen atoms in total. The van der Waals surface area contributed by atoms with Crippen molar-refractivity contribution in [3.8, 4) is 0 Å². The van der Waals surface area contributed by atoms with E-state index in [1.54, 1.807) is 4.68 Å². The van der Waals surface area contributed by atoms with Gasteiger partial charge in [-0.05, 0) is 50.0 Å². The summed E-state index contributed by atoms with van der Waals surface area (Å²) in [6.45, 7) is 5.29. The molecule has 128 valence electrons. The van der Waals surface area contributed by atoms with Crippen molar-refractivity contribution in [2.24, 2.45) is 7.05 Å². The molecule has 0 unspecified atom stereocenters. The summed E-state index contributed by atoms with van der Waals surface area (Å²) in [5.41, 5.74) is 2.87. The number of aryl methyl sites for hydroxylation is 2. The molecular weight excluding hydrogens is 300 g/mol. The molecule has 0 aliphatic carbocycles. The molecule has 5 heteroatoms. The highest BCUT2D eigenvalue weighted by Crippen LogP contribution is 2.16. The zero-order chi connectivity index (χ0) is 16.9. The predicted molar refractivity (Wildman–Crippen MR) is 96.1 cm³/mol. The quantitative estimate of drug-likeness (QED) is 0.918. The van der Waals surface area contributed by atoms with Gasteiger partial charge in [0.2, 0.25) is 0 Å². The minimum absolute atomic E-state index is 0.0823. The molecule has 2 aromatic rings. The van der Waals surface area contributed by atoms with Gasteiger partial charge in [0.05, 0.1) is 5.69 Å². The van der Waals surface area contributed by atoms with Gasteiger partial charge in [0.1, 0.15) is 5.82 Å². The lowest BCUT2D eigenvalue weighted by atomic mass is 10.1. The van der Waals surface area contributed by atoms with Gasteiger partial charge >= 0.3 is 0 Å². The van der Waals surface area contributed by atoms with Crippen LogP contribution in [-0.2, 0) is 20.0 Å². The number of likely N-dealkylation sites (tertiary alicyclic amines) is 1. The van der Waals surface area contributed by atoms with Crippen LogP contribution in [0.2, 0.25) is 0 Å². The first-order valence-corrected chi connectivity index (χ1v) is 8.81. The molecule has 1 amide bonds. The first-order chi connectivity index (χ1) is 11.7. The van der Waals surface area contributed by atoms with Crippen LogP contribution in [0.25, 0.3) is 0 Å². The second kappa shape index (κ2) is 7.62. The van der Waals surface area contributed by atoms with Crippen molar-refractivity contribution in [1.29, 1.82) is 0 Å². The molecule has 1 aromatic carbocycles. The average molecular weight is 326 g/mol. The van der Waals surface area contributed by atoms with Gasteiger partial charge in [-0.1, -0.05) is 25.5 Å². The highest BCUT2D eigenvalue weighted by Gasteiger charge is 2.13. The van der Waals surface area contributed by atoms with Gasteiger partial charge in [-0.3, -0.25) is 14.4 Å². The topological polar surface area (TPSA) is 50.2 Å². The second-order valence-electron chi connectivity index (χ2n) is 6.49. The molecule has 2 heterocycles. The number of nitrogens with zero attached hydrogens (tertiary/aromatic N) is 3. The summed E-state index contributed by atoms with van der Waals surface area (Å²) in [6.07, 6.45) is 4.75. The van der Waals surface area contributed by atoms with Crippen LogP contribution in [0.1, 0.15) is 47.8 Å². The molecule has 1 aliphatic rings. The SMILES string of the molecule is CCc1cc(NC(=O)c2cccc(CN3CCCCC3)c2)n(C)n1. The van der Waals surface area contributed by atoms with Crippen LogP contribution in [0.4, 0.5) is 5.82 Å². The Bertz CT molecular complexity index is 701. The van der Waals surface area contributed by atoms with Crippen LogP contribution in [0.5, 0.6) is 0 Å². The van der Waals surface area contributed by atoms with E-state index in [1.165, 1.54) is 24.8 Å². The van der Waals surface area contributed by atoms with Gasteiger partial charge in [-0.2, -0.15) is 5.10 Å². The third-order valence-electron chi connectivity index (χ3n) is 4.58. The number of hydrogen-bond donors (Lipinski definition) is 1. The third kappa shape index (κ3) is 4.03. The van der Waals surface area contributed by atoms with E-state index in [-0.39, 0.29) is 5.91 Å². The van der Waals surface area contributed by atoms with Gasteiger partial charge in [0.25, 0.3) is 5.91 Å².